The monoisotopic (exact) mass is 418 g/mol. The van der Waals surface area contributed by atoms with Crippen LogP contribution in [-0.2, 0) is 21.2 Å². The molecule has 2 aromatic rings. The van der Waals surface area contributed by atoms with Gasteiger partial charge in [-0.25, -0.2) is 8.42 Å². The Morgan fingerprint density at radius 2 is 1.86 bits per heavy atom. The van der Waals surface area contributed by atoms with Crippen LogP contribution in [0, 0.1) is 0 Å². The van der Waals surface area contributed by atoms with E-state index in [1.54, 1.807) is 0 Å². The highest BCUT2D eigenvalue weighted by atomic mass is 32.2. The third kappa shape index (κ3) is 5.35. The maximum atomic E-state index is 12.6. The Morgan fingerprint density at radius 3 is 2.39 bits per heavy atom. The lowest BCUT2D eigenvalue weighted by molar-refractivity contribution is -0.185. The van der Waals surface area contributed by atoms with Gasteiger partial charge in [0.1, 0.15) is 0 Å². The first-order chi connectivity index (χ1) is 12.9. The van der Waals surface area contributed by atoms with Crippen molar-refractivity contribution in [3.63, 3.8) is 0 Å². The molecule has 0 aliphatic carbocycles. The van der Waals surface area contributed by atoms with Crippen LogP contribution in [0.4, 0.5) is 18.9 Å². The van der Waals surface area contributed by atoms with Crippen molar-refractivity contribution < 1.29 is 35.6 Å². The number of sulfone groups is 1. The van der Waals surface area contributed by atoms with Crippen LogP contribution < -0.4 is 5.32 Å². The highest BCUT2D eigenvalue weighted by molar-refractivity contribution is 7.90. The molecule has 0 fully saturated rings. The standard InChI is InChI=1S/C17H17F3N2O5S/c1-3-22(16(24)17(18,19)20)10-11-5-4-6-12(9-11)21-15(23)13-7-8-14(27-13)28(2,25)26/h4-9H,3,10H2,1-2H3,(H,21,23). The summed E-state index contributed by atoms with van der Waals surface area (Å²) in [7, 11) is -3.61. The summed E-state index contributed by atoms with van der Waals surface area (Å²) in [6.45, 7) is 0.985. The van der Waals surface area contributed by atoms with E-state index in [-0.39, 0.29) is 29.6 Å². The number of hydrogen-bond acceptors (Lipinski definition) is 5. The molecule has 2 rings (SSSR count). The van der Waals surface area contributed by atoms with E-state index in [9.17, 15) is 31.2 Å². The normalized spacial score (nSPS) is 11.9. The van der Waals surface area contributed by atoms with Crippen molar-refractivity contribution in [2.24, 2.45) is 0 Å². The Bertz CT molecular complexity index is 983. The molecule has 1 aromatic carbocycles. The number of carbonyl (C=O) groups excluding carboxylic acids is 2. The number of alkyl halides is 3. The van der Waals surface area contributed by atoms with Gasteiger partial charge < -0.3 is 14.6 Å². The summed E-state index contributed by atoms with van der Waals surface area (Å²) in [5.74, 6) is -2.92. The molecule has 0 unspecified atom stereocenters. The van der Waals surface area contributed by atoms with Gasteiger partial charge in [-0.1, -0.05) is 12.1 Å². The Morgan fingerprint density at radius 1 is 1.18 bits per heavy atom. The largest absolute Gasteiger partial charge is 0.471 e. The number of nitrogens with zero attached hydrogens (tertiary/aromatic N) is 1. The van der Waals surface area contributed by atoms with Gasteiger partial charge in [-0.05, 0) is 36.8 Å². The molecule has 0 saturated heterocycles. The zero-order valence-corrected chi connectivity index (χ0v) is 15.7. The SMILES string of the molecule is CCN(Cc1cccc(NC(=O)c2ccc(S(C)(=O)=O)o2)c1)C(=O)C(F)(F)F. The predicted octanol–water partition coefficient (Wildman–Crippen LogP) is 2.85. The average Bonchev–Trinajstić information content (AvgIpc) is 3.09. The molecule has 0 radical (unpaired) electrons. The predicted molar refractivity (Wildman–Crippen MR) is 93.4 cm³/mol. The van der Waals surface area contributed by atoms with Crippen LogP contribution in [0.5, 0.6) is 0 Å². The molecular weight excluding hydrogens is 401 g/mol. The van der Waals surface area contributed by atoms with Crippen molar-refractivity contribution in [1.82, 2.24) is 4.90 Å². The summed E-state index contributed by atoms with van der Waals surface area (Å²) < 4.78 is 65.6. The second kappa shape index (κ2) is 8.05. The van der Waals surface area contributed by atoms with Crippen LogP contribution in [0.15, 0.2) is 45.9 Å². The molecule has 1 N–H and O–H groups in total. The first-order valence-corrected chi connectivity index (χ1v) is 9.87. The van der Waals surface area contributed by atoms with Gasteiger partial charge in [-0.3, -0.25) is 9.59 Å². The van der Waals surface area contributed by atoms with Crippen molar-refractivity contribution in [1.29, 1.82) is 0 Å². The molecular formula is C17H17F3N2O5S. The van der Waals surface area contributed by atoms with E-state index < -0.39 is 27.8 Å². The number of benzene rings is 1. The van der Waals surface area contributed by atoms with Crippen molar-refractivity contribution in [2.45, 2.75) is 24.7 Å². The Labute approximate surface area is 159 Å². The number of halogens is 3. The molecule has 11 heteroatoms. The van der Waals surface area contributed by atoms with Crippen LogP contribution in [0.3, 0.4) is 0 Å². The summed E-state index contributed by atoms with van der Waals surface area (Å²) in [5.41, 5.74) is 0.615. The van der Waals surface area contributed by atoms with E-state index in [1.807, 2.05) is 0 Å². The van der Waals surface area contributed by atoms with E-state index in [1.165, 1.54) is 37.3 Å². The summed E-state index contributed by atoms with van der Waals surface area (Å²) in [6.07, 6.45) is -4.04. The van der Waals surface area contributed by atoms with Gasteiger partial charge in [-0.2, -0.15) is 13.2 Å². The molecule has 0 atom stereocenters. The van der Waals surface area contributed by atoms with Crippen molar-refractivity contribution in [3.8, 4) is 0 Å². The molecule has 152 valence electrons. The van der Waals surface area contributed by atoms with Gasteiger partial charge in [0.25, 0.3) is 5.91 Å². The van der Waals surface area contributed by atoms with Gasteiger partial charge in [0.05, 0.1) is 0 Å². The van der Waals surface area contributed by atoms with Gasteiger partial charge in [-0.15, -0.1) is 0 Å². The Kier molecular flexibility index (Phi) is 6.17. The summed E-state index contributed by atoms with van der Waals surface area (Å²) in [5, 5.41) is 2.10. The maximum absolute atomic E-state index is 12.6. The third-order valence-electron chi connectivity index (χ3n) is 3.64. The van der Waals surface area contributed by atoms with Crippen LogP contribution in [0.2, 0.25) is 0 Å². The Hall–Kier alpha value is -2.82. The van der Waals surface area contributed by atoms with Crippen LogP contribution in [-0.4, -0.2) is 44.1 Å². The second-order valence-corrected chi connectivity index (χ2v) is 7.81. The summed E-state index contributed by atoms with van der Waals surface area (Å²) in [4.78, 5) is 24.2. The quantitative estimate of drug-likeness (QED) is 0.778. The van der Waals surface area contributed by atoms with Crippen molar-refractivity contribution in [3.05, 3.63) is 47.7 Å². The minimum Gasteiger partial charge on any atom is -0.440 e. The number of amides is 2. The fourth-order valence-electron chi connectivity index (χ4n) is 2.31. The van der Waals surface area contributed by atoms with E-state index in [0.717, 1.165) is 12.3 Å². The lowest BCUT2D eigenvalue weighted by atomic mass is 10.2. The second-order valence-electron chi connectivity index (χ2n) is 5.86. The molecule has 0 spiro atoms. The number of nitrogens with one attached hydrogen (secondary N) is 1. The van der Waals surface area contributed by atoms with Gasteiger partial charge in [0.15, 0.2) is 5.76 Å². The van der Waals surface area contributed by atoms with Crippen molar-refractivity contribution >= 4 is 27.3 Å². The topological polar surface area (TPSA) is 96.7 Å². The molecule has 0 bridgehead atoms. The number of hydrogen-bond donors (Lipinski definition) is 1. The zero-order chi connectivity index (χ0) is 21.1. The van der Waals surface area contributed by atoms with E-state index in [0.29, 0.717) is 10.5 Å². The molecule has 1 aromatic heterocycles. The summed E-state index contributed by atoms with van der Waals surface area (Å²) in [6, 6.07) is 8.24. The van der Waals surface area contributed by atoms with Crippen LogP contribution >= 0.6 is 0 Å². The van der Waals surface area contributed by atoms with Crippen LogP contribution in [0.25, 0.3) is 0 Å². The zero-order valence-electron chi connectivity index (χ0n) is 14.9. The fraction of sp³-hybridized carbons (Fsp3) is 0.294. The highest BCUT2D eigenvalue weighted by Crippen LogP contribution is 2.21. The Balaban J connectivity index is 2.13. The molecule has 7 nitrogen and oxygen atoms in total. The summed E-state index contributed by atoms with van der Waals surface area (Å²) >= 11 is 0. The van der Waals surface area contributed by atoms with Crippen LogP contribution in [0.1, 0.15) is 23.0 Å². The third-order valence-corrected chi connectivity index (χ3v) is 4.59. The lowest BCUT2D eigenvalue weighted by Gasteiger charge is -2.22. The maximum Gasteiger partial charge on any atom is 0.471 e. The fourth-order valence-corrected chi connectivity index (χ4v) is 2.86. The average molecular weight is 418 g/mol. The van der Waals surface area contributed by atoms with Gasteiger partial charge in [0.2, 0.25) is 14.9 Å². The molecule has 0 aliphatic heterocycles. The number of anilines is 1. The highest BCUT2D eigenvalue weighted by Gasteiger charge is 2.41. The van der Waals surface area contributed by atoms with E-state index in [2.05, 4.69) is 5.32 Å². The van der Waals surface area contributed by atoms with E-state index in [4.69, 9.17) is 4.42 Å². The molecule has 2 amide bonds. The smallest absolute Gasteiger partial charge is 0.440 e. The van der Waals surface area contributed by atoms with Gasteiger partial charge >= 0.3 is 12.1 Å². The number of carbonyl (C=O) groups is 2. The number of rotatable bonds is 6. The number of furan rings is 1. The van der Waals surface area contributed by atoms with Gasteiger partial charge in [0, 0.05) is 25.0 Å². The van der Waals surface area contributed by atoms with E-state index >= 15 is 0 Å². The first-order valence-electron chi connectivity index (χ1n) is 7.98. The first kappa shape index (κ1) is 21.5. The minimum absolute atomic E-state index is 0.143. The molecule has 0 saturated carbocycles. The molecule has 1 heterocycles. The molecule has 28 heavy (non-hydrogen) atoms. The van der Waals surface area contributed by atoms with Crippen molar-refractivity contribution in [2.75, 3.05) is 18.1 Å². The minimum atomic E-state index is -4.97. The lowest BCUT2D eigenvalue weighted by Crippen LogP contribution is -2.40. The molecule has 0 aliphatic rings.